The summed E-state index contributed by atoms with van der Waals surface area (Å²) >= 11 is 0. The Labute approximate surface area is 252 Å². The Hall–Kier alpha value is -5.10. The predicted octanol–water partition coefficient (Wildman–Crippen LogP) is 3.93. The van der Waals surface area contributed by atoms with Crippen molar-refractivity contribution >= 4 is 23.8 Å². The minimum Gasteiger partial charge on any atom is -0.508 e. The summed E-state index contributed by atoms with van der Waals surface area (Å²) in [5.74, 6) is -4.37. The first-order valence-electron chi connectivity index (χ1n) is 14.0. The lowest BCUT2D eigenvalue weighted by Gasteiger charge is -2.38. The number of unbranched alkanes of at least 4 members (excludes halogenated alkanes) is 1. The van der Waals surface area contributed by atoms with E-state index in [1.807, 2.05) is 0 Å². The predicted molar refractivity (Wildman–Crippen MR) is 155 cm³/mol. The highest BCUT2D eigenvalue weighted by Crippen LogP contribution is 2.58. The maximum absolute atomic E-state index is 14.1. The Morgan fingerprint density at radius 1 is 1.00 bits per heavy atom. The second kappa shape index (κ2) is 11.2. The van der Waals surface area contributed by atoms with Gasteiger partial charge in [-0.25, -0.2) is 9.59 Å². The zero-order chi connectivity index (χ0) is 32.0. The number of nitrogens with two attached hydrogens (primary N) is 1. The first-order chi connectivity index (χ1) is 20.7. The molecular formula is C32H32N2O10. The monoisotopic (exact) mass is 604 g/mol. The van der Waals surface area contributed by atoms with Crippen molar-refractivity contribution < 1.29 is 48.7 Å². The lowest BCUT2D eigenvalue weighted by atomic mass is 9.74. The number of amides is 1. The number of aliphatic carboxylic acids is 1. The second-order valence-corrected chi connectivity index (χ2v) is 11.6. The van der Waals surface area contributed by atoms with Gasteiger partial charge in [-0.3, -0.25) is 9.59 Å². The van der Waals surface area contributed by atoms with Gasteiger partial charge in [-0.15, -0.1) is 0 Å². The standard InChI is InChI=1S/C32H32N2O10/c1-31(2,3)43-30(41)24-21(36)15-23-26(25(24)27(37)34-13-7-6-10-20(33)28(38)39)32(19-12-11-16(35)14-22(19)42-23)18-9-5-4-8-17(18)29(40)44-32/h4-5,8-9,11-12,14-15,20,35-36H,6-7,10,13,33H2,1-3H3,(H,34,37)(H,38,39)/t20-,32?/m1/s1. The van der Waals surface area contributed by atoms with Gasteiger partial charge in [0.25, 0.3) is 5.91 Å². The van der Waals surface area contributed by atoms with Crippen LogP contribution in [0.2, 0.25) is 0 Å². The summed E-state index contributed by atoms with van der Waals surface area (Å²) in [5, 5.41) is 33.2. The molecule has 2 aliphatic rings. The molecule has 12 heteroatoms. The maximum Gasteiger partial charge on any atom is 0.343 e. The first kappa shape index (κ1) is 30.4. The molecular weight excluding hydrogens is 572 g/mol. The lowest BCUT2D eigenvalue weighted by molar-refractivity contribution is -0.138. The van der Waals surface area contributed by atoms with Gasteiger partial charge < -0.3 is 40.6 Å². The summed E-state index contributed by atoms with van der Waals surface area (Å²) in [4.78, 5) is 52.0. The molecule has 6 N–H and O–H groups in total. The van der Waals surface area contributed by atoms with Crippen LogP contribution in [0.25, 0.3) is 0 Å². The van der Waals surface area contributed by atoms with Crippen molar-refractivity contribution in [2.75, 3.05) is 6.54 Å². The molecule has 0 saturated heterocycles. The Bertz CT molecular complexity index is 1690. The number of carbonyl (C=O) groups excluding carboxylic acids is 3. The summed E-state index contributed by atoms with van der Waals surface area (Å²) in [7, 11) is 0. The van der Waals surface area contributed by atoms with Crippen LogP contribution in [0.3, 0.4) is 0 Å². The van der Waals surface area contributed by atoms with Gasteiger partial charge in [0.15, 0.2) is 5.60 Å². The van der Waals surface area contributed by atoms with Gasteiger partial charge in [0.05, 0.1) is 16.7 Å². The molecule has 0 bridgehead atoms. The van der Waals surface area contributed by atoms with Crippen molar-refractivity contribution in [3.8, 4) is 23.0 Å². The van der Waals surface area contributed by atoms with Crippen molar-refractivity contribution in [3.63, 3.8) is 0 Å². The van der Waals surface area contributed by atoms with Gasteiger partial charge in [-0.05, 0) is 58.2 Å². The fourth-order valence-corrected chi connectivity index (χ4v) is 5.48. The summed E-state index contributed by atoms with van der Waals surface area (Å²) in [6.45, 7) is 4.96. The molecule has 3 aromatic carbocycles. The number of carboxylic acid groups (broad SMARTS) is 1. The highest BCUT2D eigenvalue weighted by Gasteiger charge is 2.56. The van der Waals surface area contributed by atoms with E-state index in [0.29, 0.717) is 18.4 Å². The zero-order valence-corrected chi connectivity index (χ0v) is 24.3. The van der Waals surface area contributed by atoms with E-state index in [1.54, 1.807) is 45.0 Å². The highest BCUT2D eigenvalue weighted by molar-refractivity contribution is 6.10. The largest absolute Gasteiger partial charge is 0.508 e. The van der Waals surface area contributed by atoms with Crippen LogP contribution < -0.4 is 15.8 Å². The van der Waals surface area contributed by atoms with E-state index in [1.165, 1.54) is 18.2 Å². The molecule has 5 rings (SSSR count). The van der Waals surface area contributed by atoms with Gasteiger partial charge in [0.1, 0.15) is 40.2 Å². The van der Waals surface area contributed by atoms with E-state index in [0.717, 1.165) is 6.07 Å². The molecule has 230 valence electrons. The molecule has 2 heterocycles. The van der Waals surface area contributed by atoms with Crippen LogP contribution in [0.4, 0.5) is 0 Å². The third-order valence-electron chi connectivity index (χ3n) is 7.33. The third-order valence-corrected chi connectivity index (χ3v) is 7.33. The Morgan fingerprint density at radius 3 is 2.43 bits per heavy atom. The van der Waals surface area contributed by atoms with Crippen LogP contribution in [0, 0.1) is 0 Å². The van der Waals surface area contributed by atoms with E-state index in [4.69, 9.17) is 25.1 Å². The number of nitrogens with one attached hydrogen (secondary N) is 1. The molecule has 0 fully saturated rings. The van der Waals surface area contributed by atoms with Gasteiger partial charge in [-0.2, -0.15) is 0 Å². The van der Waals surface area contributed by atoms with Crippen LogP contribution in [0.1, 0.15) is 87.8 Å². The number of phenols is 2. The van der Waals surface area contributed by atoms with Crippen LogP contribution in [-0.4, -0.2) is 57.3 Å². The number of hydrogen-bond donors (Lipinski definition) is 5. The Kier molecular flexibility index (Phi) is 7.72. The molecule has 0 aliphatic carbocycles. The summed E-state index contributed by atoms with van der Waals surface area (Å²) in [6, 6.07) is 10.8. The van der Waals surface area contributed by atoms with Gasteiger partial charge in [0, 0.05) is 29.8 Å². The Balaban J connectivity index is 1.70. The average Bonchev–Trinajstić information content (AvgIpc) is 3.23. The summed E-state index contributed by atoms with van der Waals surface area (Å²) < 4.78 is 17.8. The number of phenolic OH excluding ortho intramolecular Hbond substituents is 2. The molecule has 2 atom stereocenters. The molecule has 2 aliphatic heterocycles. The maximum atomic E-state index is 14.1. The number of ether oxygens (including phenoxy) is 3. The SMILES string of the molecule is CC(C)(C)OC(=O)c1c(O)cc2c(c1C(=O)NCCCC[C@@H](N)C(=O)O)C1(OC(=O)c3ccccc31)c1ccc(O)cc1O2. The number of carbonyl (C=O) groups is 4. The minimum atomic E-state index is -1.81. The number of esters is 2. The molecule has 0 aromatic heterocycles. The third kappa shape index (κ3) is 5.28. The number of benzene rings is 3. The van der Waals surface area contributed by atoms with Gasteiger partial charge >= 0.3 is 17.9 Å². The fraction of sp³-hybridized carbons (Fsp3) is 0.312. The van der Waals surface area contributed by atoms with E-state index >= 15 is 0 Å². The molecule has 0 saturated carbocycles. The number of carboxylic acids is 1. The molecule has 0 radical (unpaired) electrons. The summed E-state index contributed by atoms with van der Waals surface area (Å²) in [5.41, 5.74) is 2.80. The normalized spacial score (nSPS) is 17.0. The van der Waals surface area contributed by atoms with Crippen molar-refractivity contribution in [1.82, 2.24) is 5.32 Å². The zero-order valence-electron chi connectivity index (χ0n) is 24.3. The topological polar surface area (TPSA) is 195 Å². The van der Waals surface area contributed by atoms with E-state index in [9.17, 15) is 29.4 Å². The van der Waals surface area contributed by atoms with Crippen molar-refractivity contribution in [2.24, 2.45) is 5.73 Å². The number of aromatic hydroxyl groups is 2. The number of fused-ring (bicyclic) bond motifs is 6. The number of hydrogen-bond acceptors (Lipinski definition) is 10. The molecule has 1 spiro atoms. The van der Waals surface area contributed by atoms with E-state index < -0.39 is 52.4 Å². The minimum absolute atomic E-state index is 0.0157. The molecule has 3 aromatic rings. The number of rotatable bonds is 8. The fourth-order valence-electron chi connectivity index (χ4n) is 5.48. The van der Waals surface area contributed by atoms with Gasteiger partial charge in [-0.1, -0.05) is 18.2 Å². The van der Waals surface area contributed by atoms with Crippen molar-refractivity contribution in [1.29, 1.82) is 0 Å². The van der Waals surface area contributed by atoms with Gasteiger partial charge in [0.2, 0.25) is 0 Å². The molecule has 12 nitrogen and oxygen atoms in total. The van der Waals surface area contributed by atoms with Crippen molar-refractivity contribution in [3.05, 3.63) is 81.9 Å². The molecule has 1 amide bonds. The van der Waals surface area contributed by atoms with Crippen LogP contribution in [0.15, 0.2) is 48.5 Å². The quantitative estimate of drug-likeness (QED) is 0.185. The smallest absolute Gasteiger partial charge is 0.343 e. The van der Waals surface area contributed by atoms with Crippen LogP contribution in [-0.2, 0) is 19.9 Å². The summed E-state index contributed by atoms with van der Waals surface area (Å²) in [6.07, 6.45) is 0.931. The van der Waals surface area contributed by atoms with Crippen LogP contribution in [0.5, 0.6) is 23.0 Å². The van der Waals surface area contributed by atoms with Crippen LogP contribution >= 0.6 is 0 Å². The highest BCUT2D eigenvalue weighted by atomic mass is 16.6. The van der Waals surface area contributed by atoms with E-state index in [2.05, 4.69) is 5.32 Å². The van der Waals surface area contributed by atoms with Crippen molar-refractivity contribution in [2.45, 2.75) is 57.3 Å². The molecule has 1 unspecified atom stereocenters. The Morgan fingerprint density at radius 2 is 1.73 bits per heavy atom. The molecule has 44 heavy (non-hydrogen) atoms. The second-order valence-electron chi connectivity index (χ2n) is 11.6. The average molecular weight is 605 g/mol. The lowest BCUT2D eigenvalue weighted by Crippen LogP contribution is -2.38. The van der Waals surface area contributed by atoms with E-state index in [-0.39, 0.29) is 52.5 Å². The first-order valence-corrected chi connectivity index (χ1v) is 14.0.